The highest BCUT2D eigenvalue weighted by atomic mass is 32.2. The molecule has 0 spiro atoms. The van der Waals surface area contributed by atoms with Crippen LogP contribution in [0.2, 0.25) is 0 Å². The van der Waals surface area contributed by atoms with E-state index in [0.29, 0.717) is 16.9 Å². The van der Waals surface area contributed by atoms with Gasteiger partial charge >= 0.3 is 0 Å². The minimum absolute atomic E-state index is 0.0317. The molecule has 0 atom stereocenters. The maximum absolute atomic E-state index is 11.6. The van der Waals surface area contributed by atoms with Gasteiger partial charge in [0.2, 0.25) is 0 Å². The van der Waals surface area contributed by atoms with Crippen LogP contribution in [0.3, 0.4) is 0 Å². The fourth-order valence-corrected chi connectivity index (χ4v) is 2.29. The molecule has 0 saturated carbocycles. The lowest BCUT2D eigenvalue weighted by atomic mass is 9.98. The van der Waals surface area contributed by atoms with Gasteiger partial charge in [0.1, 0.15) is 0 Å². The number of ketones is 1. The van der Waals surface area contributed by atoms with E-state index < -0.39 is 4.92 Å². The molecule has 1 aromatic rings. The Morgan fingerprint density at radius 1 is 1.10 bits per heavy atom. The van der Waals surface area contributed by atoms with Crippen molar-refractivity contribution in [3.8, 4) is 0 Å². The molecule has 0 fully saturated rings. The molecular formula is C14H12N2O3S. The molecule has 1 aliphatic rings. The van der Waals surface area contributed by atoms with E-state index in [-0.39, 0.29) is 11.5 Å². The zero-order chi connectivity index (χ0) is 14.7. The second kappa shape index (κ2) is 5.83. The summed E-state index contributed by atoms with van der Waals surface area (Å²) in [7, 11) is 0. The van der Waals surface area contributed by atoms with Gasteiger partial charge in [-0.2, -0.15) is 0 Å². The van der Waals surface area contributed by atoms with E-state index in [9.17, 15) is 14.9 Å². The van der Waals surface area contributed by atoms with Crippen LogP contribution >= 0.6 is 11.9 Å². The molecule has 0 unspecified atom stereocenters. The highest BCUT2D eigenvalue weighted by Gasteiger charge is 2.13. The number of Topliss-reactive ketones (excluding diaryl/α,β-unsaturated/α-hetero) is 1. The van der Waals surface area contributed by atoms with Crippen molar-refractivity contribution in [3.63, 3.8) is 0 Å². The van der Waals surface area contributed by atoms with Crippen molar-refractivity contribution in [3.05, 3.63) is 57.7 Å². The Labute approximate surface area is 120 Å². The third-order valence-electron chi connectivity index (χ3n) is 2.75. The number of allylic oxidation sites excluding steroid dienone is 4. The highest BCUT2D eigenvalue weighted by Crippen LogP contribution is 2.23. The van der Waals surface area contributed by atoms with Gasteiger partial charge in [-0.1, -0.05) is 0 Å². The van der Waals surface area contributed by atoms with Crippen LogP contribution in [-0.2, 0) is 4.79 Å². The molecule has 1 aromatic carbocycles. The normalized spacial score (nSPS) is 14.7. The summed E-state index contributed by atoms with van der Waals surface area (Å²) in [6.07, 6.45) is 3.46. The lowest BCUT2D eigenvalue weighted by Crippen LogP contribution is -2.10. The molecule has 0 amide bonds. The lowest BCUT2D eigenvalue weighted by Gasteiger charge is -2.08. The molecule has 102 valence electrons. The van der Waals surface area contributed by atoms with Gasteiger partial charge < -0.3 is 0 Å². The van der Waals surface area contributed by atoms with Gasteiger partial charge in [-0.3, -0.25) is 14.9 Å². The van der Waals surface area contributed by atoms with Crippen molar-refractivity contribution < 1.29 is 9.72 Å². The van der Waals surface area contributed by atoms with E-state index in [1.54, 1.807) is 38.1 Å². The Kier molecular flexibility index (Phi) is 4.14. The zero-order valence-electron chi connectivity index (χ0n) is 11.0. The standard InChI is InChI=1S/C14H12N2O3S/c1-9-7-11(8-10(2)14(9)17)15-20-13-5-3-12(4-6-13)16(18)19/h3-8H,1-2H3. The van der Waals surface area contributed by atoms with Crippen LogP contribution in [0.25, 0.3) is 0 Å². The van der Waals surface area contributed by atoms with E-state index in [4.69, 9.17) is 0 Å². The third kappa shape index (κ3) is 3.21. The first kappa shape index (κ1) is 14.2. The minimum Gasteiger partial charge on any atom is -0.289 e. The number of hydrogen-bond acceptors (Lipinski definition) is 5. The number of carbonyl (C=O) groups is 1. The van der Waals surface area contributed by atoms with Gasteiger partial charge in [0.25, 0.3) is 5.69 Å². The average molecular weight is 288 g/mol. The van der Waals surface area contributed by atoms with E-state index in [0.717, 1.165) is 4.90 Å². The summed E-state index contributed by atoms with van der Waals surface area (Å²) in [5, 5.41) is 10.5. The van der Waals surface area contributed by atoms with Gasteiger partial charge in [0, 0.05) is 29.0 Å². The fraction of sp³-hybridized carbons (Fsp3) is 0.143. The fourth-order valence-electron chi connectivity index (χ4n) is 1.71. The quantitative estimate of drug-likeness (QED) is 0.369. The number of hydrogen-bond donors (Lipinski definition) is 0. The number of nitrogens with zero attached hydrogens (tertiary/aromatic N) is 2. The molecule has 0 heterocycles. The molecule has 0 bridgehead atoms. The lowest BCUT2D eigenvalue weighted by molar-refractivity contribution is -0.384. The summed E-state index contributed by atoms with van der Waals surface area (Å²) >= 11 is 1.22. The average Bonchev–Trinajstić information content (AvgIpc) is 2.42. The Balaban J connectivity index is 2.13. The molecule has 20 heavy (non-hydrogen) atoms. The predicted octanol–water partition coefficient (Wildman–Crippen LogP) is 3.52. The summed E-state index contributed by atoms with van der Waals surface area (Å²) in [5.74, 6) is 0.0317. The van der Waals surface area contributed by atoms with Crippen molar-refractivity contribution in [2.45, 2.75) is 18.7 Å². The summed E-state index contributed by atoms with van der Waals surface area (Å²) in [6, 6.07) is 6.17. The SMILES string of the molecule is CC1=CC(=NSc2ccc([N+](=O)[O-])cc2)C=C(C)C1=O. The van der Waals surface area contributed by atoms with Crippen LogP contribution in [-0.4, -0.2) is 16.4 Å². The molecular weight excluding hydrogens is 276 g/mol. The summed E-state index contributed by atoms with van der Waals surface area (Å²) in [4.78, 5) is 22.5. The van der Waals surface area contributed by atoms with Gasteiger partial charge in [0.05, 0.1) is 10.6 Å². The summed E-state index contributed by atoms with van der Waals surface area (Å²) in [5.41, 5.74) is 2.08. The van der Waals surface area contributed by atoms with Crippen LogP contribution in [0.1, 0.15) is 13.8 Å². The van der Waals surface area contributed by atoms with Gasteiger partial charge in [-0.05, 0) is 49.3 Å². The van der Waals surface area contributed by atoms with Crippen molar-refractivity contribution in [1.29, 1.82) is 0 Å². The van der Waals surface area contributed by atoms with Crippen LogP contribution in [0.15, 0.2) is 56.9 Å². The van der Waals surface area contributed by atoms with Crippen molar-refractivity contribution >= 4 is 29.1 Å². The predicted molar refractivity (Wildman–Crippen MR) is 78.9 cm³/mol. The summed E-state index contributed by atoms with van der Waals surface area (Å²) in [6.45, 7) is 3.51. The van der Waals surface area contributed by atoms with E-state index >= 15 is 0 Å². The monoisotopic (exact) mass is 288 g/mol. The summed E-state index contributed by atoms with van der Waals surface area (Å²) < 4.78 is 4.32. The molecule has 1 aliphatic carbocycles. The van der Waals surface area contributed by atoms with Crippen LogP contribution in [0.4, 0.5) is 5.69 Å². The number of nitro groups is 1. The molecule has 0 N–H and O–H groups in total. The maximum atomic E-state index is 11.6. The van der Waals surface area contributed by atoms with Gasteiger partial charge in [-0.25, -0.2) is 4.40 Å². The first-order chi connectivity index (χ1) is 9.47. The second-order valence-corrected chi connectivity index (χ2v) is 5.18. The first-order valence-corrected chi connectivity index (χ1v) is 6.65. The highest BCUT2D eigenvalue weighted by molar-refractivity contribution is 7.98. The van der Waals surface area contributed by atoms with E-state index in [1.807, 2.05) is 0 Å². The first-order valence-electron chi connectivity index (χ1n) is 5.88. The van der Waals surface area contributed by atoms with Crippen LogP contribution in [0, 0.1) is 10.1 Å². The number of rotatable bonds is 3. The molecule has 0 radical (unpaired) electrons. The Bertz CT molecular complexity index is 634. The Morgan fingerprint density at radius 2 is 1.65 bits per heavy atom. The van der Waals surface area contributed by atoms with E-state index in [2.05, 4.69) is 4.40 Å². The number of nitro benzene ring substituents is 1. The van der Waals surface area contributed by atoms with Crippen molar-refractivity contribution in [2.75, 3.05) is 0 Å². The third-order valence-corrected chi connectivity index (χ3v) is 3.53. The number of carbonyl (C=O) groups excluding carboxylic acids is 1. The molecule has 6 heteroatoms. The molecule has 0 saturated heterocycles. The molecule has 0 aliphatic heterocycles. The zero-order valence-corrected chi connectivity index (χ0v) is 11.8. The largest absolute Gasteiger partial charge is 0.289 e. The van der Waals surface area contributed by atoms with E-state index in [1.165, 1.54) is 24.1 Å². The number of benzene rings is 1. The minimum atomic E-state index is -0.439. The molecule has 5 nitrogen and oxygen atoms in total. The molecule has 0 aromatic heterocycles. The molecule has 2 rings (SSSR count). The van der Waals surface area contributed by atoms with Crippen LogP contribution in [0.5, 0.6) is 0 Å². The topological polar surface area (TPSA) is 72.6 Å². The smallest absolute Gasteiger partial charge is 0.269 e. The van der Waals surface area contributed by atoms with Crippen molar-refractivity contribution in [1.82, 2.24) is 0 Å². The number of non-ortho nitro benzene ring substituents is 1. The van der Waals surface area contributed by atoms with Crippen molar-refractivity contribution in [2.24, 2.45) is 4.40 Å². The van der Waals surface area contributed by atoms with Gasteiger partial charge in [-0.15, -0.1) is 0 Å². The van der Waals surface area contributed by atoms with Gasteiger partial charge in [0.15, 0.2) is 5.78 Å². The Morgan fingerprint density at radius 3 is 2.15 bits per heavy atom. The second-order valence-electron chi connectivity index (χ2n) is 4.34. The van der Waals surface area contributed by atoms with Crippen LogP contribution < -0.4 is 0 Å². The Hall–Kier alpha value is -2.21. The maximum Gasteiger partial charge on any atom is 0.269 e.